The van der Waals surface area contributed by atoms with Gasteiger partial charge in [-0.1, -0.05) is 18.2 Å². The molecule has 0 unspecified atom stereocenters. The van der Waals surface area contributed by atoms with Gasteiger partial charge in [0.25, 0.3) is 5.91 Å². The maximum Gasteiger partial charge on any atom is 0.269 e. The summed E-state index contributed by atoms with van der Waals surface area (Å²) in [5.74, 6) is 0.647. The summed E-state index contributed by atoms with van der Waals surface area (Å²) in [6, 6.07) is 7.35. The van der Waals surface area contributed by atoms with Gasteiger partial charge in [0.1, 0.15) is 12.0 Å². The molecule has 9 nitrogen and oxygen atoms in total. The number of nitrogen functional groups attached to an aromatic ring is 1. The van der Waals surface area contributed by atoms with E-state index in [-0.39, 0.29) is 5.91 Å². The Morgan fingerprint density at radius 3 is 2.75 bits per heavy atom. The zero-order valence-corrected chi connectivity index (χ0v) is 16.1. The van der Waals surface area contributed by atoms with Crippen LogP contribution in [0.4, 0.5) is 17.3 Å². The third-order valence-electron chi connectivity index (χ3n) is 4.62. The fourth-order valence-electron chi connectivity index (χ4n) is 2.98. The van der Waals surface area contributed by atoms with Crippen LogP contribution in [-0.4, -0.2) is 60.2 Å². The van der Waals surface area contributed by atoms with Crippen molar-refractivity contribution in [1.29, 1.82) is 0 Å². The highest BCUT2D eigenvalue weighted by atomic mass is 16.5. The second-order valence-electron chi connectivity index (χ2n) is 6.61. The zero-order valence-electron chi connectivity index (χ0n) is 16.1. The predicted octanol–water partition coefficient (Wildman–Crippen LogP) is 1.26. The number of benzene rings is 1. The Kier molecular flexibility index (Phi) is 6.99. The van der Waals surface area contributed by atoms with E-state index in [1.54, 1.807) is 6.07 Å². The molecule has 0 bridgehead atoms. The van der Waals surface area contributed by atoms with Crippen molar-refractivity contribution >= 4 is 23.2 Å². The molecule has 0 aliphatic carbocycles. The van der Waals surface area contributed by atoms with Gasteiger partial charge in [-0.2, -0.15) is 0 Å². The molecule has 0 spiro atoms. The van der Waals surface area contributed by atoms with Gasteiger partial charge in [-0.05, 0) is 31.5 Å². The number of nitrogens with one attached hydrogen (secondary N) is 3. The normalized spacial score (nSPS) is 14.5. The first-order chi connectivity index (χ1) is 13.6. The second kappa shape index (κ2) is 9.86. The monoisotopic (exact) mass is 385 g/mol. The Bertz CT molecular complexity index is 794. The second-order valence-corrected chi connectivity index (χ2v) is 6.61. The number of ether oxygens (including phenoxy) is 1. The molecular formula is C19H27N7O2. The Morgan fingerprint density at radius 2 is 1.96 bits per heavy atom. The van der Waals surface area contributed by atoms with E-state index in [1.807, 2.05) is 25.1 Å². The minimum Gasteiger partial charge on any atom is -0.393 e. The molecule has 0 atom stereocenters. The summed E-state index contributed by atoms with van der Waals surface area (Å²) >= 11 is 0. The molecular weight excluding hydrogens is 358 g/mol. The van der Waals surface area contributed by atoms with Crippen molar-refractivity contribution in [3.05, 3.63) is 41.7 Å². The third kappa shape index (κ3) is 5.30. The number of aromatic nitrogens is 2. The summed E-state index contributed by atoms with van der Waals surface area (Å²) in [5, 5.41) is 3.23. The summed E-state index contributed by atoms with van der Waals surface area (Å²) in [6.07, 6.45) is 2.37. The molecule has 5 N–H and O–H groups in total. The van der Waals surface area contributed by atoms with Crippen LogP contribution in [0.25, 0.3) is 0 Å². The maximum atomic E-state index is 12.3. The minimum atomic E-state index is -0.254. The molecule has 1 aromatic heterocycles. The number of nitrogens with two attached hydrogens (primary N) is 1. The van der Waals surface area contributed by atoms with Crippen LogP contribution in [-0.2, 0) is 4.74 Å². The van der Waals surface area contributed by atoms with E-state index >= 15 is 0 Å². The lowest BCUT2D eigenvalue weighted by Gasteiger charge is -2.26. The van der Waals surface area contributed by atoms with Gasteiger partial charge >= 0.3 is 0 Å². The first-order valence-corrected chi connectivity index (χ1v) is 9.41. The molecule has 3 rings (SSSR count). The number of rotatable bonds is 8. The molecule has 2 heterocycles. The summed E-state index contributed by atoms with van der Waals surface area (Å²) < 4.78 is 5.35. The van der Waals surface area contributed by atoms with Crippen LogP contribution < -0.4 is 21.9 Å². The Labute approximate surface area is 164 Å². The van der Waals surface area contributed by atoms with Gasteiger partial charge in [-0.15, -0.1) is 0 Å². The zero-order chi connectivity index (χ0) is 19.8. The standard InChI is InChI=1S/C19H27N7O2/c1-14-5-2-3-6-15(14)19(27)25-24-18-16(20)17(22-13-23-18)21-7-4-8-26-9-11-28-12-10-26/h2-3,5-6,13H,4,7-12,20H2,1H3,(H,25,27)(H2,21,22,23,24). The lowest BCUT2D eigenvalue weighted by molar-refractivity contribution is 0.0378. The van der Waals surface area contributed by atoms with Crippen molar-refractivity contribution < 1.29 is 9.53 Å². The van der Waals surface area contributed by atoms with Crippen LogP contribution >= 0.6 is 0 Å². The Hall–Kier alpha value is -2.91. The number of nitrogens with zero attached hydrogens (tertiary/aromatic N) is 3. The van der Waals surface area contributed by atoms with Gasteiger partial charge < -0.3 is 15.8 Å². The molecule has 1 aliphatic heterocycles. The highest BCUT2D eigenvalue weighted by molar-refractivity contribution is 5.96. The van der Waals surface area contributed by atoms with Crippen LogP contribution in [0.5, 0.6) is 0 Å². The number of morpholine rings is 1. The largest absolute Gasteiger partial charge is 0.393 e. The number of carbonyl (C=O) groups is 1. The summed E-state index contributed by atoms with van der Waals surface area (Å²) in [6.45, 7) is 7.18. The van der Waals surface area contributed by atoms with Gasteiger partial charge in [0.05, 0.1) is 13.2 Å². The average molecular weight is 385 g/mol. The summed E-state index contributed by atoms with van der Waals surface area (Å²) in [5.41, 5.74) is 13.4. The smallest absolute Gasteiger partial charge is 0.269 e. The van der Waals surface area contributed by atoms with E-state index in [2.05, 4.69) is 31.0 Å². The number of hydrazine groups is 1. The van der Waals surface area contributed by atoms with Gasteiger partial charge in [0.15, 0.2) is 11.6 Å². The highest BCUT2D eigenvalue weighted by Crippen LogP contribution is 2.21. The molecule has 0 radical (unpaired) electrons. The molecule has 1 aliphatic rings. The number of hydrogen-bond acceptors (Lipinski definition) is 8. The van der Waals surface area contributed by atoms with Crippen LogP contribution in [0.1, 0.15) is 22.3 Å². The number of amides is 1. The van der Waals surface area contributed by atoms with E-state index in [1.165, 1.54) is 6.33 Å². The first kappa shape index (κ1) is 19.8. The predicted molar refractivity (Wildman–Crippen MR) is 109 cm³/mol. The first-order valence-electron chi connectivity index (χ1n) is 9.41. The number of carbonyl (C=O) groups excluding carboxylic acids is 1. The van der Waals surface area contributed by atoms with E-state index in [0.29, 0.717) is 22.9 Å². The van der Waals surface area contributed by atoms with Crippen LogP contribution in [0.15, 0.2) is 30.6 Å². The molecule has 1 saturated heterocycles. The van der Waals surface area contributed by atoms with E-state index < -0.39 is 0 Å². The van der Waals surface area contributed by atoms with Crippen molar-refractivity contribution in [2.45, 2.75) is 13.3 Å². The maximum absolute atomic E-state index is 12.3. The highest BCUT2D eigenvalue weighted by Gasteiger charge is 2.12. The Balaban J connectivity index is 1.49. The summed E-state index contributed by atoms with van der Waals surface area (Å²) in [4.78, 5) is 23.0. The molecule has 2 aromatic rings. The lowest BCUT2D eigenvalue weighted by Crippen LogP contribution is -2.37. The van der Waals surface area contributed by atoms with Crippen molar-refractivity contribution in [2.24, 2.45) is 0 Å². The molecule has 1 fully saturated rings. The van der Waals surface area contributed by atoms with Gasteiger partial charge in [0.2, 0.25) is 0 Å². The van der Waals surface area contributed by atoms with Gasteiger partial charge in [-0.25, -0.2) is 9.97 Å². The minimum absolute atomic E-state index is 0.254. The number of anilines is 3. The fourth-order valence-corrected chi connectivity index (χ4v) is 2.98. The quantitative estimate of drug-likeness (QED) is 0.396. The fraction of sp³-hybridized carbons (Fsp3) is 0.421. The molecule has 150 valence electrons. The molecule has 28 heavy (non-hydrogen) atoms. The van der Waals surface area contributed by atoms with Crippen LogP contribution in [0, 0.1) is 6.92 Å². The molecule has 1 aromatic carbocycles. The average Bonchev–Trinajstić information content (AvgIpc) is 2.72. The van der Waals surface area contributed by atoms with E-state index in [9.17, 15) is 4.79 Å². The van der Waals surface area contributed by atoms with Crippen molar-refractivity contribution in [3.63, 3.8) is 0 Å². The van der Waals surface area contributed by atoms with Crippen LogP contribution in [0.2, 0.25) is 0 Å². The lowest BCUT2D eigenvalue weighted by atomic mass is 10.1. The van der Waals surface area contributed by atoms with E-state index in [0.717, 1.165) is 51.4 Å². The SMILES string of the molecule is Cc1ccccc1C(=O)NNc1ncnc(NCCCN2CCOCC2)c1N. The Morgan fingerprint density at radius 1 is 1.21 bits per heavy atom. The molecule has 1 amide bonds. The molecule has 0 saturated carbocycles. The topological polar surface area (TPSA) is 117 Å². The van der Waals surface area contributed by atoms with Crippen molar-refractivity contribution in [2.75, 3.05) is 55.9 Å². The third-order valence-corrected chi connectivity index (χ3v) is 4.62. The number of hydrogen-bond donors (Lipinski definition) is 4. The van der Waals surface area contributed by atoms with Crippen molar-refractivity contribution in [3.8, 4) is 0 Å². The van der Waals surface area contributed by atoms with Gasteiger partial charge in [0, 0.05) is 25.2 Å². The van der Waals surface area contributed by atoms with Crippen LogP contribution in [0.3, 0.4) is 0 Å². The molecule has 9 heteroatoms. The summed E-state index contributed by atoms with van der Waals surface area (Å²) in [7, 11) is 0. The van der Waals surface area contributed by atoms with Gasteiger partial charge in [-0.3, -0.25) is 20.5 Å². The van der Waals surface area contributed by atoms with Crippen molar-refractivity contribution in [1.82, 2.24) is 20.3 Å². The van der Waals surface area contributed by atoms with E-state index in [4.69, 9.17) is 10.5 Å². The number of aryl methyl sites for hydroxylation is 1.